The van der Waals surface area contributed by atoms with Gasteiger partial charge in [0.1, 0.15) is 28.6 Å². The lowest BCUT2D eigenvalue weighted by Gasteiger charge is -2.41. The SMILES string of the molecule is COc1ccc(N2Cc3c(N[C@H](C)c4cccc(C(F)(F)F)c4F)nc(C)nc3C3(CCN(C)C3)C2=O)cc1. The van der Waals surface area contributed by atoms with Crippen LogP contribution < -0.4 is 15.0 Å². The molecular formula is C28H29F4N5O2. The van der Waals surface area contributed by atoms with E-state index in [0.29, 0.717) is 53.8 Å². The Morgan fingerprint density at radius 2 is 1.85 bits per heavy atom. The first-order valence-electron chi connectivity index (χ1n) is 12.6. The Bertz CT molecular complexity index is 1410. The summed E-state index contributed by atoms with van der Waals surface area (Å²) in [5, 5.41) is 3.14. The summed E-state index contributed by atoms with van der Waals surface area (Å²) in [5.41, 5.74) is -0.442. The number of benzene rings is 2. The molecule has 2 aliphatic rings. The van der Waals surface area contributed by atoms with E-state index in [9.17, 15) is 22.4 Å². The van der Waals surface area contributed by atoms with Gasteiger partial charge in [-0.1, -0.05) is 12.1 Å². The summed E-state index contributed by atoms with van der Waals surface area (Å²) in [4.78, 5) is 27.1. The van der Waals surface area contributed by atoms with Gasteiger partial charge in [-0.05, 0) is 64.2 Å². The van der Waals surface area contributed by atoms with Crippen molar-refractivity contribution >= 4 is 17.4 Å². The fourth-order valence-corrected chi connectivity index (χ4v) is 5.58. The lowest BCUT2D eigenvalue weighted by Crippen LogP contribution is -2.53. The number of halogens is 4. The Labute approximate surface area is 223 Å². The zero-order valence-electron chi connectivity index (χ0n) is 22.1. The van der Waals surface area contributed by atoms with Crippen molar-refractivity contribution in [2.24, 2.45) is 0 Å². The van der Waals surface area contributed by atoms with Crippen molar-refractivity contribution in [3.63, 3.8) is 0 Å². The van der Waals surface area contributed by atoms with Gasteiger partial charge in [-0.15, -0.1) is 0 Å². The highest BCUT2D eigenvalue weighted by Gasteiger charge is 2.53. The highest BCUT2D eigenvalue weighted by Crippen LogP contribution is 2.44. The first kappa shape index (κ1) is 26.9. The summed E-state index contributed by atoms with van der Waals surface area (Å²) < 4.78 is 60.3. The molecule has 1 amide bonds. The number of anilines is 2. The molecule has 1 N–H and O–H groups in total. The summed E-state index contributed by atoms with van der Waals surface area (Å²) in [6.07, 6.45) is -4.26. The second kappa shape index (κ2) is 9.78. The van der Waals surface area contributed by atoms with Crippen LogP contribution in [0.25, 0.3) is 0 Å². The monoisotopic (exact) mass is 543 g/mol. The Hall–Kier alpha value is -3.73. The largest absolute Gasteiger partial charge is 0.497 e. The van der Waals surface area contributed by atoms with Crippen molar-refractivity contribution < 1.29 is 27.1 Å². The van der Waals surface area contributed by atoms with Gasteiger partial charge in [0.05, 0.1) is 31.0 Å². The molecule has 2 aromatic carbocycles. The first-order valence-corrected chi connectivity index (χ1v) is 12.6. The zero-order chi connectivity index (χ0) is 28.1. The third-order valence-corrected chi connectivity index (χ3v) is 7.54. The molecule has 5 rings (SSSR count). The van der Waals surface area contributed by atoms with E-state index in [1.807, 2.05) is 7.05 Å². The third-order valence-electron chi connectivity index (χ3n) is 7.54. The molecule has 2 atom stereocenters. The van der Waals surface area contributed by atoms with Crippen LogP contribution in [0.15, 0.2) is 42.5 Å². The number of likely N-dealkylation sites (N-methyl/N-ethyl adjacent to an activating group) is 1. The van der Waals surface area contributed by atoms with Crippen LogP contribution in [0.5, 0.6) is 5.75 Å². The van der Waals surface area contributed by atoms with E-state index in [-0.39, 0.29) is 18.0 Å². The van der Waals surface area contributed by atoms with Gasteiger partial charge >= 0.3 is 6.18 Å². The van der Waals surface area contributed by atoms with Crippen molar-refractivity contribution in [2.75, 3.05) is 37.5 Å². The zero-order valence-corrected chi connectivity index (χ0v) is 22.1. The number of alkyl halides is 3. The molecule has 0 saturated carbocycles. The second-order valence-corrected chi connectivity index (χ2v) is 10.2. The molecule has 1 unspecified atom stereocenters. The van der Waals surface area contributed by atoms with E-state index in [2.05, 4.69) is 15.2 Å². The van der Waals surface area contributed by atoms with Gasteiger partial charge in [-0.2, -0.15) is 13.2 Å². The van der Waals surface area contributed by atoms with Crippen LogP contribution in [-0.4, -0.2) is 48.0 Å². The number of rotatable bonds is 5. The third kappa shape index (κ3) is 4.69. The van der Waals surface area contributed by atoms with Gasteiger partial charge in [0.2, 0.25) is 5.91 Å². The number of amides is 1. The molecule has 206 valence electrons. The molecule has 39 heavy (non-hydrogen) atoms. The van der Waals surface area contributed by atoms with Crippen molar-refractivity contribution in [3.8, 4) is 5.75 Å². The number of hydrogen-bond donors (Lipinski definition) is 1. The maximum atomic E-state index is 15.0. The molecule has 2 aliphatic heterocycles. The average molecular weight is 544 g/mol. The van der Waals surface area contributed by atoms with Crippen LogP contribution in [-0.2, 0) is 22.9 Å². The minimum Gasteiger partial charge on any atom is -0.497 e. The van der Waals surface area contributed by atoms with E-state index in [4.69, 9.17) is 9.72 Å². The fraction of sp³-hybridized carbons (Fsp3) is 0.393. The highest BCUT2D eigenvalue weighted by molar-refractivity contribution is 6.03. The number of methoxy groups -OCH3 is 1. The van der Waals surface area contributed by atoms with Crippen LogP contribution in [0.3, 0.4) is 0 Å². The van der Waals surface area contributed by atoms with Crippen LogP contribution in [0, 0.1) is 12.7 Å². The molecule has 11 heteroatoms. The predicted octanol–water partition coefficient (Wildman–Crippen LogP) is 5.24. The Morgan fingerprint density at radius 1 is 1.13 bits per heavy atom. The number of likely N-dealkylation sites (tertiary alicyclic amines) is 1. The number of hydrogen-bond acceptors (Lipinski definition) is 6. The fourth-order valence-electron chi connectivity index (χ4n) is 5.58. The summed E-state index contributed by atoms with van der Waals surface area (Å²) in [5.74, 6) is 0.0191. The number of nitrogens with zero attached hydrogens (tertiary/aromatic N) is 4. The van der Waals surface area contributed by atoms with Gasteiger partial charge in [0.25, 0.3) is 0 Å². The van der Waals surface area contributed by atoms with Crippen LogP contribution in [0.4, 0.5) is 29.1 Å². The minimum atomic E-state index is -4.81. The average Bonchev–Trinajstić information content (AvgIpc) is 3.28. The summed E-state index contributed by atoms with van der Waals surface area (Å²) in [6.45, 7) is 4.58. The summed E-state index contributed by atoms with van der Waals surface area (Å²) >= 11 is 0. The number of aryl methyl sites for hydroxylation is 1. The molecular weight excluding hydrogens is 514 g/mol. The first-order chi connectivity index (χ1) is 18.4. The number of carbonyl (C=O) groups excluding carboxylic acids is 1. The van der Waals surface area contributed by atoms with E-state index in [1.54, 1.807) is 50.1 Å². The van der Waals surface area contributed by atoms with E-state index in [1.165, 1.54) is 12.1 Å². The van der Waals surface area contributed by atoms with Crippen LogP contribution in [0.2, 0.25) is 0 Å². The molecule has 1 fully saturated rings. The molecule has 0 aliphatic carbocycles. The number of carbonyl (C=O) groups is 1. The number of aromatic nitrogens is 2. The van der Waals surface area contributed by atoms with E-state index in [0.717, 1.165) is 6.07 Å². The van der Waals surface area contributed by atoms with Gasteiger partial charge in [-0.25, -0.2) is 14.4 Å². The van der Waals surface area contributed by atoms with Crippen LogP contribution >= 0.6 is 0 Å². The smallest absolute Gasteiger partial charge is 0.419 e. The maximum Gasteiger partial charge on any atom is 0.419 e. The van der Waals surface area contributed by atoms with Gasteiger partial charge in [-0.3, -0.25) is 4.79 Å². The predicted molar refractivity (Wildman–Crippen MR) is 138 cm³/mol. The summed E-state index contributed by atoms with van der Waals surface area (Å²) in [7, 11) is 3.51. The second-order valence-electron chi connectivity index (χ2n) is 10.2. The van der Waals surface area contributed by atoms with Crippen molar-refractivity contribution in [1.82, 2.24) is 14.9 Å². The minimum absolute atomic E-state index is 0.0782. The van der Waals surface area contributed by atoms with Gasteiger partial charge in [0, 0.05) is 23.4 Å². The quantitative estimate of drug-likeness (QED) is 0.444. The Balaban J connectivity index is 1.60. The topological polar surface area (TPSA) is 70.6 Å². The number of fused-ring (bicyclic) bond motifs is 2. The van der Waals surface area contributed by atoms with Crippen molar-refractivity contribution in [1.29, 1.82) is 0 Å². The van der Waals surface area contributed by atoms with Crippen molar-refractivity contribution in [2.45, 2.75) is 44.4 Å². The van der Waals surface area contributed by atoms with E-state index < -0.39 is 29.0 Å². The molecule has 0 bridgehead atoms. The Kier molecular flexibility index (Phi) is 6.74. The number of ether oxygens (including phenoxy) is 1. The lowest BCUT2D eigenvalue weighted by atomic mass is 9.76. The van der Waals surface area contributed by atoms with E-state index >= 15 is 0 Å². The molecule has 3 aromatic rings. The Morgan fingerprint density at radius 3 is 2.46 bits per heavy atom. The van der Waals surface area contributed by atoms with Crippen molar-refractivity contribution in [3.05, 3.63) is 76.5 Å². The van der Waals surface area contributed by atoms with Gasteiger partial charge in [0.15, 0.2) is 0 Å². The molecule has 0 radical (unpaired) electrons. The van der Waals surface area contributed by atoms with Gasteiger partial charge < -0.3 is 19.9 Å². The molecule has 1 aromatic heterocycles. The molecule has 3 heterocycles. The lowest BCUT2D eigenvalue weighted by molar-refractivity contribution is -0.140. The standard InChI is InChI=1S/C28H29F4N5O2/c1-16(20-6-5-7-22(23(20)29)28(30,31)32)33-25-21-14-37(18-8-10-19(39-4)11-9-18)26(38)27(12-13-36(3)15-27)24(21)34-17(2)35-25/h5-11,16H,12-15H2,1-4H3,(H,33,34,35)/t16-,27?/m1/s1. The normalized spacial score (nSPS) is 20.3. The molecule has 7 nitrogen and oxygen atoms in total. The maximum absolute atomic E-state index is 15.0. The number of nitrogens with one attached hydrogen (secondary N) is 1. The summed E-state index contributed by atoms with van der Waals surface area (Å²) in [6, 6.07) is 9.54. The van der Waals surface area contributed by atoms with Crippen LogP contribution in [0.1, 0.15) is 47.6 Å². The molecule has 1 spiro atoms. The molecule has 1 saturated heterocycles. The highest BCUT2D eigenvalue weighted by atomic mass is 19.4.